The van der Waals surface area contributed by atoms with Gasteiger partial charge in [0.1, 0.15) is 16.5 Å². The third kappa shape index (κ3) is 4.21. The molecular weight excluding hydrogens is 362 g/mol. The van der Waals surface area contributed by atoms with Crippen molar-refractivity contribution in [1.82, 2.24) is 14.7 Å². The number of piperidine rings is 1. The molecule has 8 heteroatoms. The predicted octanol–water partition coefficient (Wildman–Crippen LogP) is 2.08. The van der Waals surface area contributed by atoms with E-state index in [4.69, 9.17) is 10.00 Å². The maximum atomic E-state index is 12.7. The van der Waals surface area contributed by atoms with Crippen molar-refractivity contribution in [2.75, 3.05) is 24.6 Å². The Hall–Kier alpha value is -1.40. The first-order valence-corrected chi connectivity index (χ1v) is 10.6. The third-order valence-corrected chi connectivity index (χ3v) is 7.13. The highest BCUT2D eigenvalue weighted by Crippen LogP contribution is 2.43. The van der Waals surface area contributed by atoms with Crippen molar-refractivity contribution in [3.05, 3.63) is 17.5 Å². The molecule has 0 bridgehead atoms. The van der Waals surface area contributed by atoms with E-state index in [1.807, 2.05) is 27.7 Å². The van der Waals surface area contributed by atoms with Crippen LogP contribution in [0.15, 0.2) is 6.07 Å². The number of anilines is 1. The van der Waals surface area contributed by atoms with E-state index in [0.717, 1.165) is 31.6 Å². The number of aromatic nitrogens is 2. The molecule has 7 nitrogen and oxygen atoms in total. The lowest BCUT2D eigenvalue weighted by atomic mass is 9.73. The molecule has 2 aliphatic rings. The number of nitriles is 1. The molecule has 1 aromatic rings. The van der Waals surface area contributed by atoms with Crippen molar-refractivity contribution in [2.24, 2.45) is 5.41 Å². The molecule has 0 radical (unpaired) electrons. The van der Waals surface area contributed by atoms with Crippen molar-refractivity contribution in [2.45, 2.75) is 64.4 Å². The number of rotatable bonds is 3. The van der Waals surface area contributed by atoms with Gasteiger partial charge in [-0.1, -0.05) is 0 Å². The van der Waals surface area contributed by atoms with Gasteiger partial charge in [-0.05, 0) is 53.5 Å². The second-order valence-electron chi connectivity index (χ2n) is 8.65. The summed E-state index contributed by atoms with van der Waals surface area (Å²) in [6.07, 6.45) is 1.86. The summed E-state index contributed by atoms with van der Waals surface area (Å²) in [6.45, 7) is 12.1. The van der Waals surface area contributed by atoms with Crippen molar-refractivity contribution >= 4 is 17.3 Å². The van der Waals surface area contributed by atoms with Gasteiger partial charge in [0.25, 0.3) is 0 Å². The van der Waals surface area contributed by atoms with E-state index in [9.17, 15) is 4.55 Å². The van der Waals surface area contributed by atoms with Gasteiger partial charge in [0.15, 0.2) is 0 Å². The van der Waals surface area contributed by atoms with Crippen molar-refractivity contribution in [3.8, 4) is 6.07 Å². The summed E-state index contributed by atoms with van der Waals surface area (Å²) in [6, 6.07) is 3.86. The Morgan fingerprint density at radius 3 is 2.63 bits per heavy atom. The molecule has 0 saturated carbocycles. The first kappa shape index (κ1) is 20.3. The average molecular weight is 392 g/mol. The molecule has 0 unspecified atom stereocenters. The van der Waals surface area contributed by atoms with Crippen LogP contribution in [-0.4, -0.2) is 51.1 Å². The molecule has 2 saturated heterocycles. The van der Waals surface area contributed by atoms with E-state index >= 15 is 0 Å². The summed E-state index contributed by atoms with van der Waals surface area (Å²) in [4.78, 5) is 11.0. The molecule has 3 heterocycles. The Morgan fingerprint density at radius 2 is 2.04 bits per heavy atom. The van der Waals surface area contributed by atoms with Gasteiger partial charge in [-0.2, -0.15) is 5.26 Å². The molecule has 1 aromatic heterocycles. The van der Waals surface area contributed by atoms with Crippen LogP contribution in [-0.2, 0) is 16.1 Å². The molecule has 1 N–H and O–H groups in total. The maximum Gasteiger partial charge on any atom is 0.226 e. The van der Waals surface area contributed by atoms with E-state index in [2.05, 4.69) is 32.6 Å². The lowest BCUT2D eigenvalue weighted by molar-refractivity contribution is 0.0972. The molecule has 0 aromatic carbocycles. The third-order valence-electron chi connectivity index (χ3n) is 5.55. The SMILES string of the molecule is Cc1cc(C#N)nc(N2CCC3(CC2)CO[C@@H](C)[C@H]3N[S@+]([O-])C(C)(C)C)n1. The average Bonchev–Trinajstić information content (AvgIpc) is 2.90. The van der Waals surface area contributed by atoms with Crippen LogP contribution in [0.5, 0.6) is 0 Å². The van der Waals surface area contributed by atoms with E-state index in [-0.39, 0.29) is 22.3 Å². The van der Waals surface area contributed by atoms with Crippen LogP contribution in [0.1, 0.15) is 51.9 Å². The topological polar surface area (TPSA) is 97.1 Å². The van der Waals surface area contributed by atoms with Crippen LogP contribution in [0.25, 0.3) is 0 Å². The van der Waals surface area contributed by atoms with Gasteiger partial charge in [0.05, 0.1) is 18.8 Å². The number of ether oxygens (including phenoxy) is 1. The molecule has 27 heavy (non-hydrogen) atoms. The Labute approximate surface area is 164 Å². The molecule has 3 rings (SSSR count). The highest BCUT2D eigenvalue weighted by molar-refractivity contribution is 7.90. The fourth-order valence-corrected chi connectivity index (χ4v) is 4.88. The van der Waals surface area contributed by atoms with E-state index in [1.54, 1.807) is 6.07 Å². The van der Waals surface area contributed by atoms with Crippen molar-refractivity contribution in [1.29, 1.82) is 5.26 Å². The van der Waals surface area contributed by atoms with Gasteiger partial charge in [-0.3, -0.25) is 0 Å². The van der Waals surface area contributed by atoms with E-state index < -0.39 is 11.4 Å². The Morgan fingerprint density at radius 1 is 1.37 bits per heavy atom. The lowest BCUT2D eigenvalue weighted by Gasteiger charge is -2.43. The first-order valence-electron chi connectivity index (χ1n) is 9.45. The second-order valence-corrected chi connectivity index (χ2v) is 10.6. The normalized spacial score (nSPS) is 26.2. The minimum atomic E-state index is -1.13. The van der Waals surface area contributed by atoms with Gasteiger partial charge >= 0.3 is 0 Å². The lowest BCUT2D eigenvalue weighted by Crippen LogP contribution is -2.56. The quantitative estimate of drug-likeness (QED) is 0.788. The van der Waals surface area contributed by atoms with E-state index in [0.29, 0.717) is 18.2 Å². The monoisotopic (exact) mass is 391 g/mol. The van der Waals surface area contributed by atoms with Crippen LogP contribution in [0.3, 0.4) is 0 Å². The highest BCUT2D eigenvalue weighted by atomic mass is 32.2. The van der Waals surface area contributed by atoms with Crippen LogP contribution in [0, 0.1) is 23.7 Å². The summed E-state index contributed by atoms with van der Waals surface area (Å²) in [5.74, 6) is 0.621. The molecule has 148 valence electrons. The summed E-state index contributed by atoms with van der Waals surface area (Å²) >= 11 is -1.13. The number of nitrogens with zero attached hydrogens (tertiary/aromatic N) is 4. The zero-order valence-electron chi connectivity index (χ0n) is 16.8. The fraction of sp³-hybridized carbons (Fsp3) is 0.737. The first-order chi connectivity index (χ1) is 12.6. The van der Waals surface area contributed by atoms with E-state index in [1.165, 1.54) is 0 Å². The fourth-order valence-electron chi connectivity index (χ4n) is 3.85. The van der Waals surface area contributed by atoms with Gasteiger partial charge in [-0.25, -0.2) is 9.97 Å². The summed E-state index contributed by atoms with van der Waals surface area (Å²) in [5.41, 5.74) is 1.17. The zero-order chi connectivity index (χ0) is 19.8. The van der Waals surface area contributed by atoms with Gasteiger partial charge < -0.3 is 14.2 Å². The molecule has 2 aliphatic heterocycles. The minimum Gasteiger partial charge on any atom is -0.598 e. The van der Waals surface area contributed by atoms with Crippen molar-refractivity contribution < 1.29 is 9.29 Å². The number of nitrogens with one attached hydrogen (secondary N) is 1. The van der Waals surface area contributed by atoms with Gasteiger partial charge in [0, 0.05) is 35.6 Å². The number of aryl methyl sites for hydroxylation is 1. The van der Waals surface area contributed by atoms with Crippen molar-refractivity contribution in [3.63, 3.8) is 0 Å². The second kappa shape index (κ2) is 7.55. The van der Waals surface area contributed by atoms with Crippen LogP contribution in [0.4, 0.5) is 5.95 Å². The molecule has 2 fully saturated rings. The molecule has 0 aliphatic carbocycles. The summed E-state index contributed by atoms with van der Waals surface area (Å²) in [5, 5.41) is 9.15. The van der Waals surface area contributed by atoms with Gasteiger partial charge in [0.2, 0.25) is 5.95 Å². The molecule has 3 atom stereocenters. The molecular formula is C19H29N5O2S. The Kier molecular flexibility index (Phi) is 5.69. The molecule has 1 spiro atoms. The van der Waals surface area contributed by atoms with Gasteiger partial charge in [-0.15, -0.1) is 4.72 Å². The zero-order valence-corrected chi connectivity index (χ0v) is 17.6. The van der Waals surface area contributed by atoms with Crippen LogP contribution in [0.2, 0.25) is 0 Å². The summed E-state index contributed by atoms with van der Waals surface area (Å²) < 4.78 is 21.7. The predicted molar refractivity (Wildman–Crippen MR) is 106 cm³/mol. The number of hydrogen-bond acceptors (Lipinski definition) is 7. The van der Waals surface area contributed by atoms with Crippen LogP contribution < -0.4 is 9.62 Å². The largest absolute Gasteiger partial charge is 0.598 e. The minimum absolute atomic E-state index is 0.0291. The molecule has 0 amide bonds. The highest BCUT2D eigenvalue weighted by Gasteiger charge is 2.52. The summed E-state index contributed by atoms with van der Waals surface area (Å²) in [7, 11) is 0. The Bertz CT molecular complexity index is 722. The maximum absolute atomic E-state index is 12.7. The van der Waals surface area contributed by atoms with Crippen LogP contribution >= 0.6 is 0 Å². The smallest absolute Gasteiger partial charge is 0.226 e. The standard InChI is InChI=1S/C19H29N5O2S/c1-13-10-15(11-20)22-17(21-13)24-8-6-19(7-9-24)12-26-14(2)16(19)23-27(25)18(3,4)5/h10,14,16,23H,6-9,12H2,1-5H3/t14-,16+,27+/m0/s1. The Balaban J connectivity index is 1.73. The number of hydrogen-bond donors (Lipinski definition) is 1.